The minimum absolute atomic E-state index is 0.0244. The van der Waals surface area contributed by atoms with Gasteiger partial charge in [0, 0.05) is 18.5 Å². The second-order valence-corrected chi connectivity index (χ2v) is 9.20. The van der Waals surface area contributed by atoms with Gasteiger partial charge in [0.25, 0.3) is 5.91 Å². The molecular weight excluding hydrogens is 398 g/mol. The highest BCUT2D eigenvalue weighted by Gasteiger charge is 2.49. The fourth-order valence-electron chi connectivity index (χ4n) is 4.96. The van der Waals surface area contributed by atoms with Gasteiger partial charge in [0.1, 0.15) is 12.1 Å². The first-order valence-electron chi connectivity index (χ1n) is 11.1. The molecular formula is C23H31N3O5. The molecule has 31 heavy (non-hydrogen) atoms. The Hall–Kier alpha value is -2.77. The van der Waals surface area contributed by atoms with Crippen molar-refractivity contribution in [3.8, 4) is 11.5 Å². The Bertz CT molecular complexity index is 880. The summed E-state index contributed by atoms with van der Waals surface area (Å²) in [7, 11) is 0. The molecule has 3 aliphatic rings. The standard InChI is InChI=1S/C23H31N3O5/c1-15(2)26(17-7-5-4-6-8-17)20(27)13-25-21(28)23(3,24-22(25)29)12-16-9-10-18-19(11-16)31-14-30-18/h9-11,15,17H,4-8,12-14H2,1-3H3,(H,24,29)/t23-/m0/s1. The van der Waals surface area contributed by atoms with Crippen molar-refractivity contribution in [1.29, 1.82) is 0 Å². The Morgan fingerprint density at radius 2 is 1.90 bits per heavy atom. The molecule has 0 bridgehead atoms. The molecule has 2 aliphatic heterocycles. The Kier molecular flexibility index (Phi) is 5.81. The summed E-state index contributed by atoms with van der Waals surface area (Å²) >= 11 is 0. The van der Waals surface area contributed by atoms with E-state index < -0.39 is 11.6 Å². The largest absolute Gasteiger partial charge is 0.454 e. The highest BCUT2D eigenvalue weighted by Crippen LogP contribution is 2.34. The highest BCUT2D eigenvalue weighted by molar-refractivity contribution is 6.09. The normalized spacial score (nSPS) is 23.4. The Morgan fingerprint density at radius 3 is 2.61 bits per heavy atom. The quantitative estimate of drug-likeness (QED) is 0.703. The van der Waals surface area contributed by atoms with Gasteiger partial charge in [-0.05, 0) is 51.3 Å². The molecule has 0 spiro atoms. The lowest BCUT2D eigenvalue weighted by Crippen LogP contribution is -2.51. The summed E-state index contributed by atoms with van der Waals surface area (Å²) in [6.07, 6.45) is 5.67. The van der Waals surface area contributed by atoms with Crippen molar-refractivity contribution in [3.05, 3.63) is 23.8 Å². The third-order valence-electron chi connectivity index (χ3n) is 6.45. The number of rotatable bonds is 6. The van der Waals surface area contributed by atoms with Crippen LogP contribution in [0.3, 0.4) is 0 Å². The van der Waals surface area contributed by atoms with Gasteiger partial charge in [-0.2, -0.15) is 0 Å². The van der Waals surface area contributed by atoms with Gasteiger partial charge in [-0.3, -0.25) is 14.5 Å². The van der Waals surface area contributed by atoms with E-state index in [0.717, 1.165) is 36.1 Å². The minimum Gasteiger partial charge on any atom is -0.454 e. The SMILES string of the molecule is CC(C)N(C(=O)CN1C(=O)N[C@@](C)(Cc2ccc3c(c2)OCO3)C1=O)C1CCCCC1. The Labute approximate surface area is 182 Å². The summed E-state index contributed by atoms with van der Waals surface area (Å²) in [5.74, 6) is 0.748. The first-order chi connectivity index (χ1) is 14.8. The molecule has 1 N–H and O–H groups in total. The zero-order valence-corrected chi connectivity index (χ0v) is 18.5. The number of urea groups is 1. The summed E-state index contributed by atoms with van der Waals surface area (Å²) in [6, 6.07) is 5.17. The van der Waals surface area contributed by atoms with Gasteiger partial charge in [-0.1, -0.05) is 25.3 Å². The third-order valence-corrected chi connectivity index (χ3v) is 6.45. The lowest BCUT2D eigenvalue weighted by Gasteiger charge is -2.38. The van der Waals surface area contributed by atoms with Gasteiger partial charge in [0.2, 0.25) is 12.7 Å². The van der Waals surface area contributed by atoms with Crippen molar-refractivity contribution in [2.45, 2.75) is 76.9 Å². The predicted octanol–water partition coefficient (Wildman–Crippen LogP) is 2.84. The average molecular weight is 430 g/mol. The van der Waals surface area contributed by atoms with Crippen molar-refractivity contribution in [2.75, 3.05) is 13.3 Å². The molecule has 4 amide bonds. The van der Waals surface area contributed by atoms with Crippen LogP contribution in [0, 0.1) is 0 Å². The summed E-state index contributed by atoms with van der Waals surface area (Å²) in [5.41, 5.74) is -0.266. The van der Waals surface area contributed by atoms with Crippen molar-refractivity contribution in [1.82, 2.24) is 15.1 Å². The molecule has 1 aromatic carbocycles. The number of amides is 4. The molecule has 168 valence electrons. The lowest BCUT2D eigenvalue weighted by molar-refractivity contribution is -0.142. The maximum Gasteiger partial charge on any atom is 0.325 e. The molecule has 1 aliphatic carbocycles. The van der Waals surface area contributed by atoms with Crippen molar-refractivity contribution < 1.29 is 23.9 Å². The summed E-state index contributed by atoms with van der Waals surface area (Å²) in [4.78, 5) is 41.9. The first-order valence-corrected chi connectivity index (χ1v) is 11.1. The number of carbonyl (C=O) groups is 3. The van der Waals surface area contributed by atoms with E-state index in [9.17, 15) is 14.4 Å². The average Bonchev–Trinajstić information content (AvgIpc) is 3.26. The van der Waals surface area contributed by atoms with Gasteiger partial charge >= 0.3 is 6.03 Å². The van der Waals surface area contributed by atoms with Crippen LogP contribution < -0.4 is 14.8 Å². The second kappa shape index (κ2) is 8.40. The summed E-state index contributed by atoms with van der Waals surface area (Å²) in [5, 5.41) is 2.79. The van der Waals surface area contributed by atoms with Gasteiger partial charge in [-0.15, -0.1) is 0 Å². The third kappa shape index (κ3) is 4.20. The fraction of sp³-hybridized carbons (Fsp3) is 0.609. The van der Waals surface area contributed by atoms with E-state index in [0.29, 0.717) is 17.9 Å². The molecule has 0 unspecified atom stereocenters. The van der Waals surface area contributed by atoms with Gasteiger partial charge in [0.15, 0.2) is 11.5 Å². The Morgan fingerprint density at radius 1 is 1.19 bits per heavy atom. The topological polar surface area (TPSA) is 88.2 Å². The summed E-state index contributed by atoms with van der Waals surface area (Å²) in [6.45, 7) is 5.62. The van der Waals surface area contributed by atoms with E-state index in [1.165, 1.54) is 6.42 Å². The molecule has 8 nitrogen and oxygen atoms in total. The van der Waals surface area contributed by atoms with Crippen molar-refractivity contribution >= 4 is 17.8 Å². The molecule has 1 aromatic rings. The van der Waals surface area contributed by atoms with Crippen LogP contribution in [0.4, 0.5) is 4.79 Å². The zero-order chi connectivity index (χ0) is 22.2. The van der Waals surface area contributed by atoms with Crippen LogP contribution in [-0.2, 0) is 16.0 Å². The number of imide groups is 1. The number of ether oxygens (including phenoxy) is 2. The molecule has 4 rings (SSSR count). The van der Waals surface area contributed by atoms with E-state index in [1.807, 2.05) is 30.9 Å². The van der Waals surface area contributed by atoms with Crippen LogP contribution in [0.25, 0.3) is 0 Å². The predicted molar refractivity (Wildman–Crippen MR) is 114 cm³/mol. The van der Waals surface area contributed by atoms with Crippen molar-refractivity contribution in [3.63, 3.8) is 0 Å². The zero-order valence-electron chi connectivity index (χ0n) is 18.5. The van der Waals surface area contributed by atoms with E-state index in [2.05, 4.69) is 5.32 Å². The highest BCUT2D eigenvalue weighted by atomic mass is 16.7. The number of hydrogen-bond acceptors (Lipinski definition) is 5. The fourth-order valence-corrected chi connectivity index (χ4v) is 4.96. The number of benzene rings is 1. The van der Waals surface area contributed by atoms with Crippen LogP contribution in [-0.4, -0.2) is 58.6 Å². The van der Waals surface area contributed by atoms with Gasteiger partial charge in [-0.25, -0.2) is 4.79 Å². The molecule has 1 atom stereocenters. The van der Waals surface area contributed by atoms with E-state index in [4.69, 9.17) is 9.47 Å². The molecule has 0 radical (unpaired) electrons. The number of nitrogens with one attached hydrogen (secondary N) is 1. The maximum atomic E-state index is 13.2. The number of carbonyl (C=O) groups excluding carboxylic acids is 3. The van der Waals surface area contributed by atoms with Crippen LogP contribution >= 0.6 is 0 Å². The van der Waals surface area contributed by atoms with E-state index in [-0.39, 0.29) is 37.2 Å². The van der Waals surface area contributed by atoms with E-state index in [1.54, 1.807) is 13.0 Å². The molecule has 1 saturated carbocycles. The van der Waals surface area contributed by atoms with Crippen molar-refractivity contribution in [2.24, 2.45) is 0 Å². The summed E-state index contributed by atoms with van der Waals surface area (Å²) < 4.78 is 10.7. The number of fused-ring (bicyclic) bond motifs is 1. The number of nitrogens with zero attached hydrogens (tertiary/aromatic N) is 2. The molecule has 8 heteroatoms. The van der Waals surface area contributed by atoms with Crippen LogP contribution in [0.15, 0.2) is 18.2 Å². The monoisotopic (exact) mass is 429 g/mol. The molecule has 0 aromatic heterocycles. The van der Waals surface area contributed by atoms with Crippen LogP contribution in [0.1, 0.15) is 58.4 Å². The Balaban J connectivity index is 1.46. The molecule has 2 heterocycles. The van der Waals surface area contributed by atoms with Gasteiger partial charge in [0.05, 0.1) is 0 Å². The maximum absolute atomic E-state index is 13.2. The van der Waals surface area contributed by atoms with Gasteiger partial charge < -0.3 is 19.7 Å². The second-order valence-electron chi connectivity index (χ2n) is 9.20. The smallest absolute Gasteiger partial charge is 0.325 e. The lowest BCUT2D eigenvalue weighted by atomic mass is 9.92. The first kappa shape index (κ1) is 21.5. The minimum atomic E-state index is -1.11. The van der Waals surface area contributed by atoms with Crippen LogP contribution in [0.5, 0.6) is 11.5 Å². The molecule has 1 saturated heterocycles. The number of hydrogen-bond donors (Lipinski definition) is 1. The van der Waals surface area contributed by atoms with E-state index >= 15 is 0 Å². The molecule has 2 fully saturated rings. The van der Waals surface area contributed by atoms with Crippen LogP contribution in [0.2, 0.25) is 0 Å².